The van der Waals surface area contributed by atoms with Gasteiger partial charge in [-0.3, -0.25) is 0 Å². The molecule has 0 radical (unpaired) electrons. The van der Waals surface area contributed by atoms with Crippen LogP contribution in [0.4, 0.5) is 30.7 Å². The van der Waals surface area contributed by atoms with Gasteiger partial charge >= 0.3 is 12.4 Å². The van der Waals surface area contributed by atoms with Crippen molar-refractivity contribution < 1.29 is 30.7 Å². The van der Waals surface area contributed by atoms with Crippen LogP contribution in [-0.4, -0.2) is 21.8 Å². The molecule has 0 aromatic heterocycles. The lowest BCUT2D eigenvalue weighted by Crippen LogP contribution is -2.54. The molecule has 0 rings (SSSR count). The standard InChI is InChI=1S/C5H2Cl3F7/c6-2(4(10,11)12,5(13,14)15)1-3(7,8)9/h1H2. The molecule has 0 fully saturated rings. The second-order valence-electron chi connectivity index (χ2n) is 2.59. The Balaban J connectivity index is 5.26. The molecule has 0 heterocycles. The van der Waals surface area contributed by atoms with Gasteiger partial charge in [-0.15, -0.1) is 0 Å². The van der Waals surface area contributed by atoms with E-state index in [-0.39, 0.29) is 0 Å². The molecule has 0 N–H and O–H groups in total. The molecule has 0 saturated carbocycles. The smallest absolute Gasteiger partial charge is 0.208 e. The van der Waals surface area contributed by atoms with Crippen molar-refractivity contribution in [2.45, 2.75) is 28.2 Å². The van der Waals surface area contributed by atoms with E-state index >= 15 is 0 Å². The molecule has 0 unspecified atom stereocenters. The van der Waals surface area contributed by atoms with Gasteiger partial charge in [0.1, 0.15) is 0 Å². The Morgan fingerprint density at radius 2 is 0.933 bits per heavy atom. The van der Waals surface area contributed by atoms with Gasteiger partial charge in [0, 0.05) is 6.42 Å². The van der Waals surface area contributed by atoms with Crippen LogP contribution in [-0.2, 0) is 0 Å². The molecule has 10 heteroatoms. The molecule has 0 atom stereocenters. The van der Waals surface area contributed by atoms with Crippen molar-refractivity contribution in [3.05, 3.63) is 0 Å². The summed E-state index contributed by atoms with van der Waals surface area (Å²) in [6.07, 6.45) is -14.2. The fraction of sp³-hybridized carbons (Fsp3) is 1.00. The fourth-order valence-corrected chi connectivity index (χ4v) is 1.36. The second kappa shape index (κ2) is 4.00. The van der Waals surface area contributed by atoms with Gasteiger partial charge in [0.25, 0.3) is 4.59 Å². The van der Waals surface area contributed by atoms with E-state index in [0.717, 1.165) is 0 Å². The van der Waals surface area contributed by atoms with Crippen LogP contribution in [0.15, 0.2) is 0 Å². The zero-order valence-electron chi connectivity index (χ0n) is 6.49. The Morgan fingerprint density at radius 1 is 0.667 bits per heavy atom. The molecular weight excluding hydrogens is 299 g/mol. The molecular formula is C5H2Cl3F7. The zero-order chi connectivity index (χ0) is 12.7. The van der Waals surface area contributed by atoms with Gasteiger partial charge in [0.05, 0.1) is 0 Å². The highest BCUT2D eigenvalue weighted by Gasteiger charge is 2.72. The van der Waals surface area contributed by atoms with Crippen molar-refractivity contribution in [2.75, 3.05) is 0 Å². The van der Waals surface area contributed by atoms with E-state index in [4.69, 9.17) is 0 Å². The molecule has 0 aliphatic carbocycles. The summed E-state index contributed by atoms with van der Waals surface area (Å²) in [6.45, 7) is 0. The van der Waals surface area contributed by atoms with Gasteiger partial charge in [-0.2, -0.15) is 26.3 Å². The van der Waals surface area contributed by atoms with Crippen LogP contribution in [0.2, 0.25) is 0 Å². The SMILES string of the molecule is FC(Cl)(Cl)CC(Cl)(C(F)(F)F)C(F)(F)F. The van der Waals surface area contributed by atoms with E-state index in [9.17, 15) is 30.7 Å². The molecule has 0 spiro atoms. The highest BCUT2D eigenvalue weighted by Crippen LogP contribution is 2.54. The lowest BCUT2D eigenvalue weighted by atomic mass is 10.0. The Morgan fingerprint density at radius 3 is 1.00 bits per heavy atom. The number of rotatable bonds is 2. The van der Waals surface area contributed by atoms with Gasteiger partial charge in [-0.1, -0.05) is 34.8 Å². The summed E-state index contributed by atoms with van der Waals surface area (Å²) in [4.78, 5) is -4.81. The molecule has 0 aliphatic rings. The third kappa shape index (κ3) is 3.71. The Labute approximate surface area is 94.3 Å². The van der Waals surface area contributed by atoms with Crippen LogP contribution in [0, 0.1) is 0 Å². The van der Waals surface area contributed by atoms with Gasteiger partial charge in [0.2, 0.25) is 4.87 Å². The molecule has 0 nitrogen and oxygen atoms in total. The summed E-state index contributed by atoms with van der Waals surface area (Å²) in [6, 6.07) is 0. The van der Waals surface area contributed by atoms with Crippen LogP contribution in [0.1, 0.15) is 6.42 Å². The van der Waals surface area contributed by atoms with E-state index in [2.05, 4.69) is 34.8 Å². The van der Waals surface area contributed by atoms with E-state index in [1.807, 2.05) is 0 Å². The maximum absolute atomic E-state index is 12.4. The van der Waals surface area contributed by atoms with Crippen molar-refractivity contribution in [1.29, 1.82) is 0 Å². The van der Waals surface area contributed by atoms with Gasteiger partial charge in [0.15, 0.2) is 0 Å². The second-order valence-corrected chi connectivity index (χ2v) is 4.63. The first kappa shape index (κ1) is 15.4. The molecule has 0 amide bonds. The maximum Gasteiger partial charge on any atom is 0.416 e. The highest BCUT2D eigenvalue weighted by molar-refractivity contribution is 6.47. The van der Waals surface area contributed by atoms with Crippen LogP contribution in [0.5, 0.6) is 0 Å². The number of hydrogen-bond acceptors (Lipinski definition) is 0. The predicted molar refractivity (Wildman–Crippen MR) is 40.9 cm³/mol. The van der Waals surface area contributed by atoms with E-state index < -0.39 is 28.2 Å². The normalized spacial score (nSPS) is 15.6. The van der Waals surface area contributed by atoms with Gasteiger partial charge in [-0.05, 0) is 0 Å². The van der Waals surface area contributed by atoms with Crippen LogP contribution in [0.25, 0.3) is 0 Å². The van der Waals surface area contributed by atoms with Crippen molar-refractivity contribution >= 4 is 34.8 Å². The monoisotopic (exact) mass is 300 g/mol. The third-order valence-corrected chi connectivity index (χ3v) is 2.17. The van der Waals surface area contributed by atoms with Gasteiger partial charge in [-0.25, -0.2) is 4.39 Å². The predicted octanol–water partition coefficient (Wildman–Crippen LogP) is 4.58. The van der Waals surface area contributed by atoms with E-state index in [1.165, 1.54) is 0 Å². The summed E-state index contributed by atoms with van der Waals surface area (Å²) < 4.78 is 80.6. The van der Waals surface area contributed by atoms with Gasteiger partial charge < -0.3 is 0 Å². The minimum atomic E-state index is -5.92. The molecule has 0 aromatic rings. The van der Waals surface area contributed by atoms with Crippen molar-refractivity contribution in [1.82, 2.24) is 0 Å². The fourth-order valence-electron chi connectivity index (χ4n) is 0.637. The molecule has 92 valence electrons. The Bertz CT molecular complexity index is 210. The quantitative estimate of drug-likeness (QED) is 0.517. The van der Waals surface area contributed by atoms with Crippen LogP contribution in [0.3, 0.4) is 0 Å². The Kier molecular flexibility index (Phi) is 4.10. The first-order valence-corrected chi connectivity index (χ1v) is 4.23. The van der Waals surface area contributed by atoms with Crippen molar-refractivity contribution in [3.63, 3.8) is 0 Å². The molecule has 0 aliphatic heterocycles. The average Bonchev–Trinajstić information content (AvgIpc) is 1.77. The zero-order valence-corrected chi connectivity index (χ0v) is 8.75. The molecule has 0 aromatic carbocycles. The summed E-state index contributed by atoms with van der Waals surface area (Å²) in [7, 11) is 0. The van der Waals surface area contributed by atoms with Crippen LogP contribution >= 0.6 is 34.8 Å². The van der Waals surface area contributed by atoms with E-state index in [1.54, 1.807) is 0 Å². The summed E-state index contributed by atoms with van der Waals surface area (Å²) in [5.41, 5.74) is 0. The number of hydrogen-bond donors (Lipinski definition) is 0. The molecule has 0 saturated heterocycles. The largest absolute Gasteiger partial charge is 0.416 e. The van der Waals surface area contributed by atoms with Crippen LogP contribution < -0.4 is 0 Å². The number of halogens is 10. The minimum Gasteiger partial charge on any atom is -0.208 e. The molecule has 15 heavy (non-hydrogen) atoms. The Hall–Kier alpha value is 0.380. The summed E-state index contributed by atoms with van der Waals surface area (Å²) >= 11 is 13.2. The molecule has 0 bridgehead atoms. The number of alkyl halides is 10. The lowest BCUT2D eigenvalue weighted by Gasteiger charge is -2.33. The van der Waals surface area contributed by atoms with E-state index in [0.29, 0.717) is 0 Å². The average molecular weight is 301 g/mol. The highest BCUT2D eigenvalue weighted by atomic mass is 35.5. The maximum atomic E-state index is 12.4. The van der Waals surface area contributed by atoms with Crippen molar-refractivity contribution in [2.24, 2.45) is 0 Å². The lowest BCUT2D eigenvalue weighted by molar-refractivity contribution is -0.271. The third-order valence-electron chi connectivity index (χ3n) is 1.34. The van der Waals surface area contributed by atoms with Crippen molar-refractivity contribution in [3.8, 4) is 0 Å². The first-order valence-electron chi connectivity index (χ1n) is 3.10. The topological polar surface area (TPSA) is 0 Å². The summed E-state index contributed by atoms with van der Waals surface area (Å²) in [5.74, 6) is 0. The first-order chi connectivity index (χ1) is 6.21. The minimum absolute atomic E-state index is 2.35. The summed E-state index contributed by atoms with van der Waals surface area (Å²) in [5, 5.41) is 0.